The molecule has 0 fully saturated rings. The van der Waals surface area contributed by atoms with Crippen LogP contribution in [0, 0.1) is 0 Å². The first-order chi connectivity index (χ1) is 11.7. The van der Waals surface area contributed by atoms with Gasteiger partial charge >= 0.3 is 5.63 Å². The zero-order chi connectivity index (χ0) is 16.5. The Bertz CT molecular complexity index is 1110. The van der Waals surface area contributed by atoms with E-state index in [-0.39, 0.29) is 12.1 Å². The lowest BCUT2D eigenvalue weighted by molar-refractivity contribution is 0.0947. The Balaban J connectivity index is 1.57. The molecule has 2 aromatic carbocycles. The lowest BCUT2D eigenvalue weighted by Crippen LogP contribution is -2.27. The molecule has 24 heavy (non-hydrogen) atoms. The van der Waals surface area contributed by atoms with Crippen LogP contribution in [-0.2, 0) is 6.54 Å². The smallest absolute Gasteiger partial charge is 0.349 e. The molecule has 118 valence electrons. The molecule has 0 spiro atoms. The fourth-order valence-electron chi connectivity index (χ4n) is 2.44. The molecule has 0 saturated heterocycles. The molecule has 7 heteroatoms. The fraction of sp³-hybridized carbons (Fsp3) is 0.0588. The molecule has 0 saturated carbocycles. The average Bonchev–Trinajstić information content (AvgIpc) is 3.06. The van der Waals surface area contributed by atoms with Gasteiger partial charge in [-0.2, -0.15) is 0 Å². The predicted molar refractivity (Wildman–Crippen MR) is 85.5 cm³/mol. The molecule has 0 aliphatic carbocycles. The normalized spacial score (nSPS) is 11.0. The van der Waals surface area contributed by atoms with Crippen LogP contribution in [0.5, 0.6) is 0 Å². The van der Waals surface area contributed by atoms with Gasteiger partial charge in [0.15, 0.2) is 0 Å². The van der Waals surface area contributed by atoms with Crippen LogP contribution in [-0.4, -0.2) is 16.2 Å². The molecule has 4 aromatic rings. The third-order valence-corrected chi connectivity index (χ3v) is 3.66. The molecule has 2 heterocycles. The number of rotatable bonds is 3. The number of aromatic nitrogens is 2. The van der Waals surface area contributed by atoms with Crippen molar-refractivity contribution in [1.82, 2.24) is 15.6 Å². The summed E-state index contributed by atoms with van der Waals surface area (Å²) in [6.45, 7) is 0.244. The summed E-state index contributed by atoms with van der Waals surface area (Å²) < 4.78 is 9.80. The van der Waals surface area contributed by atoms with Crippen molar-refractivity contribution < 1.29 is 13.8 Å². The maximum Gasteiger partial charge on any atom is 0.349 e. The standard InChI is InChI=1S/C17H11N3O4/c21-16(12-8-11-3-1-2-4-15(11)23-17(12)22)18-9-10-5-6-13-14(7-10)20-24-19-13/h1-8H,9H2,(H,18,21). The summed E-state index contributed by atoms with van der Waals surface area (Å²) in [5.41, 5.74) is 1.81. The van der Waals surface area contributed by atoms with Crippen molar-refractivity contribution in [2.75, 3.05) is 0 Å². The zero-order valence-corrected chi connectivity index (χ0v) is 12.4. The van der Waals surface area contributed by atoms with E-state index in [4.69, 9.17) is 4.42 Å². The van der Waals surface area contributed by atoms with Gasteiger partial charge in [-0.05, 0) is 40.1 Å². The lowest BCUT2D eigenvalue weighted by atomic mass is 10.1. The molecular formula is C17H11N3O4. The van der Waals surface area contributed by atoms with Crippen molar-refractivity contribution in [2.45, 2.75) is 6.54 Å². The Morgan fingerprint density at radius 3 is 2.79 bits per heavy atom. The second-order valence-corrected chi connectivity index (χ2v) is 5.26. The van der Waals surface area contributed by atoms with E-state index in [2.05, 4.69) is 20.3 Å². The number of nitrogens with one attached hydrogen (secondary N) is 1. The van der Waals surface area contributed by atoms with E-state index in [0.29, 0.717) is 22.0 Å². The number of fused-ring (bicyclic) bond motifs is 2. The van der Waals surface area contributed by atoms with Crippen molar-refractivity contribution in [3.63, 3.8) is 0 Å². The van der Waals surface area contributed by atoms with Gasteiger partial charge in [0.2, 0.25) is 0 Å². The topological polar surface area (TPSA) is 98.2 Å². The summed E-state index contributed by atoms with van der Waals surface area (Å²) in [5, 5.41) is 10.9. The van der Waals surface area contributed by atoms with Crippen LogP contribution in [0.1, 0.15) is 15.9 Å². The van der Waals surface area contributed by atoms with Crippen LogP contribution in [0.2, 0.25) is 0 Å². The maximum absolute atomic E-state index is 12.3. The van der Waals surface area contributed by atoms with Crippen molar-refractivity contribution in [1.29, 1.82) is 0 Å². The third-order valence-electron chi connectivity index (χ3n) is 3.66. The Kier molecular flexibility index (Phi) is 3.31. The van der Waals surface area contributed by atoms with Gasteiger partial charge in [-0.3, -0.25) is 4.79 Å². The highest BCUT2D eigenvalue weighted by Gasteiger charge is 2.13. The monoisotopic (exact) mass is 321 g/mol. The molecule has 4 rings (SSSR count). The highest BCUT2D eigenvalue weighted by atomic mass is 16.6. The zero-order valence-electron chi connectivity index (χ0n) is 12.4. The summed E-state index contributed by atoms with van der Waals surface area (Å²) in [5.74, 6) is -0.493. The molecule has 0 unspecified atom stereocenters. The summed E-state index contributed by atoms with van der Waals surface area (Å²) >= 11 is 0. The largest absolute Gasteiger partial charge is 0.422 e. The highest BCUT2D eigenvalue weighted by Crippen LogP contribution is 2.13. The first kappa shape index (κ1) is 14.1. The predicted octanol–water partition coefficient (Wildman–Crippen LogP) is 2.26. The minimum atomic E-state index is -0.664. The number of nitrogens with zero attached hydrogens (tertiary/aromatic N) is 2. The average molecular weight is 321 g/mol. The molecule has 0 atom stereocenters. The number of hydrogen-bond donors (Lipinski definition) is 1. The van der Waals surface area contributed by atoms with E-state index >= 15 is 0 Å². The van der Waals surface area contributed by atoms with Crippen LogP contribution < -0.4 is 10.9 Å². The quantitative estimate of drug-likeness (QED) is 0.581. The van der Waals surface area contributed by atoms with Crippen LogP contribution in [0.15, 0.2) is 62.4 Å². The number of carbonyl (C=O) groups excluding carboxylic acids is 1. The molecule has 0 radical (unpaired) electrons. The Morgan fingerprint density at radius 1 is 1.04 bits per heavy atom. The van der Waals surface area contributed by atoms with Crippen molar-refractivity contribution in [2.24, 2.45) is 0 Å². The van der Waals surface area contributed by atoms with Gasteiger partial charge in [-0.25, -0.2) is 9.42 Å². The molecular weight excluding hydrogens is 310 g/mol. The maximum atomic E-state index is 12.3. The lowest BCUT2D eigenvalue weighted by Gasteiger charge is -2.05. The number of para-hydroxylation sites is 1. The van der Waals surface area contributed by atoms with Gasteiger partial charge in [0.25, 0.3) is 5.91 Å². The SMILES string of the molecule is O=C(NCc1ccc2nonc2c1)c1cc2ccccc2oc1=O. The van der Waals surface area contributed by atoms with E-state index in [9.17, 15) is 9.59 Å². The van der Waals surface area contributed by atoms with Crippen molar-refractivity contribution in [3.05, 3.63) is 70.1 Å². The Morgan fingerprint density at radius 2 is 1.88 bits per heavy atom. The van der Waals surface area contributed by atoms with Gasteiger partial charge in [0.05, 0.1) is 0 Å². The van der Waals surface area contributed by atoms with Crippen LogP contribution >= 0.6 is 0 Å². The molecule has 0 aliphatic heterocycles. The second-order valence-electron chi connectivity index (χ2n) is 5.26. The van der Waals surface area contributed by atoms with Gasteiger partial charge in [-0.15, -0.1) is 0 Å². The third kappa shape index (κ3) is 2.52. The highest BCUT2D eigenvalue weighted by molar-refractivity contribution is 5.96. The summed E-state index contributed by atoms with van der Waals surface area (Å²) in [7, 11) is 0. The molecule has 7 nitrogen and oxygen atoms in total. The van der Waals surface area contributed by atoms with Crippen LogP contribution in [0.3, 0.4) is 0 Å². The molecule has 1 N–H and O–H groups in total. The number of amides is 1. The fourth-order valence-corrected chi connectivity index (χ4v) is 2.44. The number of hydrogen-bond acceptors (Lipinski definition) is 6. The van der Waals surface area contributed by atoms with E-state index in [1.54, 1.807) is 36.4 Å². The summed E-state index contributed by atoms with van der Waals surface area (Å²) in [6.07, 6.45) is 0. The molecule has 0 bridgehead atoms. The summed E-state index contributed by atoms with van der Waals surface area (Å²) in [6, 6.07) is 13.9. The molecule has 0 aliphatic rings. The number of carbonyl (C=O) groups is 1. The van der Waals surface area contributed by atoms with Gasteiger partial charge in [0.1, 0.15) is 22.2 Å². The van der Waals surface area contributed by atoms with Gasteiger partial charge in [0, 0.05) is 11.9 Å². The van der Waals surface area contributed by atoms with Crippen molar-refractivity contribution in [3.8, 4) is 0 Å². The van der Waals surface area contributed by atoms with Crippen LogP contribution in [0.4, 0.5) is 0 Å². The van der Waals surface area contributed by atoms with E-state index in [1.165, 1.54) is 6.07 Å². The number of benzene rings is 2. The Hall–Kier alpha value is -3.48. The minimum absolute atomic E-state index is 0.0297. The first-order valence-corrected chi connectivity index (χ1v) is 7.23. The Labute approximate surface area is 134 Å². The van der Waals surface area contributed by atoms with E-state index < -0.39 is 11.5 Å². The van der Waals surface area contributed by atoms with Gasteiger partial charge in [-0.1, -0.05) is 24.3 Å². The van der Waals surface area contributed by atoms with E-state index in [1.807, 2.05) is 6.07 Å². The first-order valence-electron chi connectivity index (χ1n) is 7.23. The summed E-state index contributed by atoms with van der Waals surface area (Å²) in [4.78, 5) is 24.2. The minimum Gasteiger partial charge on any atom is -0.422 e. The van der Waals surface area contributed by atoms with Crippen molar-refractivity contribution >= 4 is 27.9 Å². The van der Waals surface area contributed by atoms with E-state index in [0.717, 1.165) is 5.56 Å². The molecule has 2 aromatic heterocycles. The molecule has 1 amide bonds. The van der Waals surface area contributed by atoms with Gasteiger partial charge < -0.3 is 9.73 Å². The second kappa shape index (κ2) is 5.62. The van der Waals surface area contributed by atoms with Crippen LogP contribution in [0.25, 0.3) is 22.0 Å².